The predicted molar refractivity (Wildman–Crippen MR) is 99.1 cm³/mol. The van der Waals surface area contributed by atoms with Crippen molar-refractivity contribution in [3.05, 3.63) is 35.9 Å². The van der Waals surface area contributed by atoms with Crippen molar-refractivity contribution < 1.29 is 67.4 Å². The van der Waals surface area contributed by atoms with Crippen LogP contribution < -0.4 is 0 Å². The van der Waals surface area contributed by atoms with Gasteiger partial charge in [-0.05, 0) is 19.4 Å². The molecule has 1 aliphatic carbocycles. The lowest BCUT2D eigenvalue weighted by Crippen LogP contribution is -2.83. The average Bonchev–Trinajstić information content (AvgIpc) is 2.78. The molecule has 1 aliphatic rings. The number of benzene rings is 1. The van der Waals surface area contributed by atoms with Crippen LogP contribution in [0, 0.1) is 5.92 Å². The van der Waals surface area contributed by atoms with E-state index in [1.54, 1.807) is 0 Å². The number of alkyl halides is 11. The summed E-state index contributed by atoms with van der Waals surface area (Å²) >= 11 is 0. The molecule has 0 bridgehead atoms. The Morgan fingerprint density at radius 3 is 1.39 bits per heavy atom. The minimum absolute atomic E-state index is 0.508. The number of carbonyl (C=O) groups is 2. The van der Waals surface area contributed by atoms with Crippen LogP contribution in [0.25, 0.3) is 0 Å². The molecule has 1 aromatic rings. The quantitative estimate of drug-likeness (QED) is 0.236. The van der Waals surface area contributed by atoms with Crippen LogP contribution in [0.5, 0.6) is 0 Å². The van der Waals surface area contributed by atoms with Crippen molar-refractivity contribution in [1.29, 1.82) is 0 Å². The second-order valence-corrected chi connectivity index (χ2v) is 7.88. The van der Waals surface area contributed by atoms with E-state index in [0.29, 0.717) is 0 Å². The Bertz CT molecular complexity index is 918. The maximum Gasteiger partial charge on any atom is 0.384 e. The second kappa shape index (κ2) is 9.36. The molecule has 4 nitrogen and oxygen atoms in total. The van der Waals surface area contributed by atoms with Crippen LogP contribution in [0.15, 0.2) is 30.3 Å². The fourth-order valence-electron chi connectivity index (χ4n) is 3.86. The van der Waals surface area contributed by atoms with E-state index >= 15 is 4.39 Å². The van der Waals surface area contributed by atoms with Gasteiger partial charge in [0, 0.05) is 12.3 Å². The third-order valence-electron chi connectivity index (χ3n) is 5.79. The molecule has 2 rings (SSSR count). The zero-order valence-corrected chi connectivity index (χ0v) is 18.5. The first-order valence-electron chi connectivity index (χ1n) is 10.3. The fraction of sp³-hybridized carbons (Fsp3) is 0.619. The fourth-order valence-corrected chi connectivity index (χ4v) is 3.86. The Hall–Kier alpha value is -2.61. The van der Waals surface area contributed by atoms with Crippen LogP contribution >= 0.6 is 0 Å². The first kappa shape index (κ1) is 29.6. The van der Waals surface area contributed by atoms with Gasteiger partial charge in [-0.2, -0.15) is 43.9 Å². The summed E-state index contributed by atoms with van der Waals surface area (Å²) in [6, 6.07) is 5.07. The Kier molecular flexibility index (Phi) is 7.70. The molecular weight excluding hydrogens is 525 g/mol. The standard InChI is InChI=1S/C21H19F11O4/c1-3-35-14(33)13(15(34)36-4-2)12(11-8-6-5-7-9-11)10-16(22)17(23,24)19(27,28)21(31,32)20(29,30)18(16,25)26/h5-9,12-13H,3-4,10H2,1-2H3. The SMILES string of the molecule is CCOC(=O)C(C(=O)OCC)C(CC1(F)C(F)(F)C(F)(F)C(F)(F)C(F)(F)C1(F)F)c1ccccc1. The monoisotopic (exact) mass is 544 g/mol. The molecule has 0 aromatic heterocycles. The van der Waals surface area contributed by atoms with Crippen molar-refractivity contribution in [1.82, 2.24) is 0 Å². The summed E-state index contributed by atoms with van der Waals surface area (Å²) in [4.78, 5) is 24.9. The van der Waals surface area contributed by atoms with Crippen LogP contribution in [0.2, 0.25) is 0 Å². The van der Waals surface area contributed by atoms with Gasteiger partial charge in [-0.15, -0.1) is 0 Å². The average molecular weight is 544 g/mol. The topological polar surface area (TPSA) is 52.6 Å². The van der Waals surface area contributed by atoms with E-state index in [2.05, 4.69) is 9.47 Å². The zero-order chi connectivity index (χ0) is 28.0. The van der Waals surface area contributed by atoms with E-state index in [4.69, 9.17) is 0 Å². The van der Waals surface area contributed by atoms with Crippen molar-refractivity contribution in [2.75, 3.05) is 13.2 Å². The van der Waals surface area contributed by atoms with E-state index in [1.807, 2.05) is 0 Å². The highest BCUT2D eigenvalue weighted by Crippen LogP contribution is 2.71. The molecule has 0 saturated heterocycles. The minimum atomic E-state index is -7.38. The second-order valence-electron chi connectivity index (χ2n) is 7.88. The third-order valence-corrected chi connectivity index (χ3v) is 5.79. The highest BCUT2D eigenvalue weighted by atomic mass is 19.4. The molecule has 36 heavy (non-hydrogen) atoms. The molecule has 1 atom stereocenters. The largest absolute Gasteiger partial charge is 0.465 e. The summed E-state index contributed by atoms with van der Waals surface area (Å²) < 4.78 is 166. The van der Waals surface area contributed by atoms with Gasteiger partial charge in [0.1, 0.15) is 0 Å². The van der Waals surface area contributed by atoms with Gasteiger partial charge in [0.15, 0.2) is 5.92 Å². The molecule has 1 unspecified atom stereocenters. The minimum Gasteiger partial charge on any atom is -0.465 e. The maximum atomic E-state index is 15.6. The first-order chi connectivity index (χ1) is 16.3. The number of hydrogen-bond donors (Lipinski definition) is 0. The lowest BCUT2D eigenvalue weighted by molar-refractivity contribution is -0.486. The van der Waals surface area contributed by atoms with Gasteiger partial charge >= 0.3 is 41.6 Å². The predicted octanol–water partition coefficient (Wildman–Crippen LogP) is 5.80. The normalized spacial score (nSPS) is 23.5. The van der Waals surface area contributed by atoms with Crippen molar-refractivity contribution in [2.24, 2.45) is 5.92 Å². The number of ether oxygens (including phenoxy) is 2. The smallest absolute Gasteiger partial charge is 0.384 e. The van der Waals surface area contributed by atoms with E-state index in [1.165, 1.54) is 19.9 Å². The van der Waals surface area contributed by atoms with E-state index < -0.39 is 84.3 Å². The third kappa shape index (κ3) is 3.88. The molecule has 0 amide bonds. The van der Waals surface area contributed by atoms with Crippen molar-refractivity contribution in [3.63, 3.8) is 0 Å². The summed E-state index contributed by atoms with van der Waals surface area (Å²) in [6.45, 7) is 1.35. The summed E-state index contributed by atoms with van der Waals surface area (Å²) in [5, 5.41) is 0. The van der Waals surface area contributed by atoms with Crippen molar-refractivity contribution in [2.45, 2.75) is 61.5 Å². The molecule has 1 fully saturated rings. The Morgan fingerprint density at radius 2 is 1.03 bits per heavy atom. The van der Waals surface area contributed by atoms with Gasteiger partial charge < -0.3 is 9.47 Å². The number of carbonyl (C=O) groups excluding carboxylic acids is 2. The van der Waals surface area contributed by atoms with E-state index in [9.17, 15) is 53.5 Å². The van der Waals surface area contributed by atoms with E-state index in [-0.39, 0.29) is 0 Å². The lowest BCUT2D eigenvalue weighted by Gasteiger charge is -2.53. The van der Waals surface area contributed by atoms with Gasteiger partial charge in [0.2, 0.25) is 5.67 Å². The molecular formula is C21H19F11O4. The summed E-state index contributed by atoms with van der Waals surface area (Å²) in [6.07, 6.45) is -2.80. The first-order valence-corrected chi connectivity index (χ1v) is 10.3. The molecule has 0 radical (unpaired) electrons. The van der Waals surface area contributed by atoms with Crippen LogP contribution in [0.3, 0.4) is 0 Å². The molecule has 0 heterocycles. The van der Waals surface area contributed by atoms with Crippen molar-refractivity contribution >= 4 is 11.9 Å². The highest BCUT2D eigenvalue weighted by molar-refractivity contribution is 5.96. The Morgan fingerprint density at radius 1 is 0.667 bits per heavy atom. The molecule has 15 heteroatoms. The van der Waals surface area contributed by atoms with E-state index in [0.717, 1.165) is 24.3 Å². The number of esters is 2. The van der Waals surface area contributed by atoms with Crippen LogP contribution in [-0.4, -0.2) is 60.4 Å². The highest BCUT2D eigenvalue weighted by Gasteiger charge is 3.00. The summed E-state index contributed by atoms with van der Waals surface area (Å²) in [5.74, 6) is -44.8. The van der Waals surface area contributed by atoms with Gasteiger partial charge in [-0.3, -0.25) is 9.59 Å². The lowest BCUT2D eigenvalue weighted by atomic mass is 9.66. The molecule has 1 aromatic carbocycles. The number of hydrogen-bond acceptors (Lipinski definition) is 4. The molecule has 1 saturated carbocycles. The zero-order valence-electron chi connectivity index (χ0n) is 18.5. The Labute approximate surface area is 196 Å². The van der Waals surface area contributed by atoms with Crippen LogP contribution in [0.1, 0.15) is 31.7 Å². The van der Waals surface area contributed by atoms with Crippen molar-refractivity contribution in [3.8, 4) is 0 Å². The summed E-state index contributed by atoms with van der Waals surface area (Å²) in [5.41, 5.74) is -7.01. The van der Waals surface area contributed by atoms with Gasteiger partial charge in [0.05, 0.1) is 13.2 Å². The van der Waals surface area contributed by atoms with Crippen LogP contribution in [-0.2, 0) is 19.1 Å². The Balaban J connectivity index is 2.84. The van der Waals surface area contributed by atoms with Gasteiger partial charge in [0.25, 0.3) is 0 Å². The van der Waals surface area contributed by atoms with Gasteiger partial charge in [-0.25, -0.2) is 4.39 Å². The number of rotatable bonds is 8. The maximum absolute atomic E-state index is 15.6. The molecule has 0 aliphatic heterocycles. The number of halogens is 11. The summed E-state index contributed by atoms with van der Waals surface area (Å²) in [7, 11) is 0. The van der Waals surface area contributed by atoms with Gasteiger partial charge in [-0.1, -0.05) is 30.3 Å². The molecule has 0 spiro atoms. The molecule has 0 N–H and O–H groups in total. The molecule has 204 valence electrons. The van der Waals surface area contributed by atoms with Crippen LogP contribution in [0.4, 0.5) is 48.3 Å².